The summed E-state index contributed by atoms with van der Waals surface area (Å²) in [6.07, 6.45) is 14.1. The highest BCUT2D eigenvalue weighted by Gasteiger charge is 2.55. The van der Waals surface area contributed by atoms with Gasteiger partial charge in [0, 0.05) is 16.6 Å². The van der Waals surface area contributed by atoms with Crippen LogP contribution in [0.25, 0.3) is 0 Å². The zero-order valence-corrected chi connectivity index (χ0v) is 17.2. The molecule has 4 unspecified atom stereocenters. The summed E-state index contributed by atoms with van der Waals surface area (Å²) in [6.45, 7) is 20.4. The Morgan fingerprint density at radius 3 is 2.68 bits per heavy atom. The highest BCUT2D eigenvalue weighted by atomic mass is 32.2. The van der Waals surface area contributed by atoms with Gasteiger partial charge in [-0.2, -0.15) is 0 Å². The molecule has 1 aliphatic heterocycles. The summed E-state index contributed by atoms with van der Waals surface area (Å²) in [7, 11) is 0. The van der Waals surface area contributed by atoms with Crippen molar-refractivity contribution in [3.63, 3.8) is 0 Å². The van der Waals surface area contributed by atoms with Crippen LogP contribution in [0, 0.1) is 22.7 Å². The SMILES string of the molecule is C=CC1(C)C2C=CSC2/C(=C/C(C)=C2/C=CCCC2C)C(=C)C1(C)C. The summed E-state index contributed by atoms with van der Waals surface area (Å²) in [4.78, 5) is 0. The molecule has 1 heterocycles. The van der Waals surface area contributed by atoms with Crippen molar-refractivity contribution in [2.75, 3.05) is 0 Å². The van der Waals surface area contributed by atoms with Gasteiger partial charge in [-0.1, -0.05) is 64.7 Å². The molecule has 0 aromatic heterocycles. The van der Waals surface area contributed by atoms with Crippen LogP contribution in [-0.2, 0) is 0 Å². The Kier molecular flexibility index (Phi) is 4.83. The van der Waals surface area contributed by atoms with Crippen molar-refractivity contribution >= 4 is 11.8 Å². The molecule has 0 bridgehead atoms. The fourth-order valence-electron chi connectivity index (χ4n) is 4.73. The minimum Gasteiger partial charge on any atom is -0.126 e. The van der Waals surface area contributed by atoms with Crippen LogP contribution in [0.3, 0.4) is 0 Å². The molecule has 1 fully saturated rings. The van der Waals surface area contributed by atoms with Gasteiger partial charge in [0.05, 0.1) is 0 Å². The Morgan fingerprint density at radius 2 is 2.04 bits per heavy atom. The van der Waals surface area contributed by atoms with Crippen LogP contribution in [0.15, 0.2) is 71.2 Å². The Hall–Kier alpha value is -1.21. The van der Waals surface area contributed by atoms with Gasteiger partial charge in [0.2, 0.25) is 0 Å². The van der Waals surface area contributed by atoms with Crippen molar-refractivity contribution in [1.29, 1.82) is 0 Å². The zero-order chi connectivity index (χ0) is 18.4. The van der Waals surface area contributed by atoms with Gasteiger partial charge in [0.25, 0.3) is 0 Å². The lowest BCUT2D eigenvalue weighted by Gasteiger charge is -2.54. The first-order valence-corrected chi connectivity index (χ1v) is 10.4. The van der Waals surface area contributed by atoms with E-state index in [1.165, 1.54) is 35.1 Å². The Morgan fingerprint density at radius 1 is 1.32 bits per heavy atom. The van der Waals surface area contributed by atoms with Crippen LogP contribution >= 0.6 is 11.8 Å². The Labute approximate surface area is 158 Å². The topological polar surface area (TPSA) is 0 Å². The number of allylic oxidation sites excluding steroid dienone is 8. The molecule has 3 rings (SSSR count). The zero-order valence-electron chi connectivity index (χ0n) is 16.4. The van der Waals surface area contributed by atoms with Crippen LogP contribution in [0.2, 0.25) is 0 Å². The first kappa shape index (κ1) is 18.6. The minimum atomic E-state index is -0.00401. The second-order valence-electron chi connectivity index (χ2n) is 8.62. The minimum absolute atomic E-state index is 0.00401. The maximum atomic E-state index is 4.57. The average Bonchev–Trinajstić information content (AvgIpc) is 3.07. The standard InChI is InChI=1S/C24H32S/c1-8-24(7)21-13-14-25-22(21)20(18(4)23(24,5)6)15-17(3)19-12-10-9-11-16(19)2/h8,10,12-16,21-22H,1,4,9,11H2,2-3,5-7H3/b19-17-,20-15+. The smallest absolute Gasteiger partial charge is 0.0412 e. The summed E-state index contributed by atoms with van der Waals surface area (Å²) in [6, 6.07) is 0. The summed E-state index contributed by atoms with van der Waals surface area (Å²) < 4.78 is 0. The first-order valence-electron chi connectivity index (χ1n) is 9.48. The van der Waals surface area contributed by atoms with E-state index in [-0.39, 0.29) is 10.8 Å². The van der Waals surface area contributed by atoms with Crippen molar-refractivity contribution in [2.45, 2.75) is 52.7 Å². The lowest BCUT2D eigenvalue weighted by molar-refractivity contribution is 0.119. The van der Waals surface area contributed by atoms with Gasteiger partial charge in [-0.25, -0.2) is 0 Å². The third kappa shape index (κ3) is 2.76. The largest absolute Gasteiger partial charge is 0.126 e. The van der Waals surface area contributed by atoms with Gasteiger partial charge >= 0.3 is 0 Å². The van der Waals surface area contributed by atoms with Gasteiger partial charge in [-0.15, -0.1) is 18.3 Å². The second kappa shape index (κ2) is 6.50. The van der Waals surface area contributed by atoms with Crippen molar-refractivity contribution < 1.29 is 0 Å². The van der Waals surface area contributed by atoms with Crippen LogP contribution in [0.4, 0.5) is 0 Å². The van der Waals surface area contributed by atoms with Crippen molar-refractivity contribution in [2.24, 2.45) is 22.7 Å². The fraction of sp³-hybridized carbons (Fsp3) is 0.500. The lowest BCUT2D eigenvalue weighted by Crippen LogP contribution is -2.49. The molecule has 0 saturated heterocycles. The Bertz CT molecular complexity index is 712. The Balaban J connectivity index is 2.10. The van der Waals surface area contributed by atoms with E-state index in [1.807, 2.05) is 11.8 Å². The average molecular weight is 353 g/mol. The molecular weight excluding hydrogens is 320 g/mol. The van der Waals surface area contributed by atoms with Crippen LogP contribution in [0.5, 0.6) is 0 Å². The van der Waals surface area contributed by atoms with Gasteiger partial charge in [-0.05, 0) is 58.8 Å². The molecule has 1 saturated carbocycles. The highest BCUT2D eigenvalue weighted by molar-refractivity contribution is 8.03. The molecule has 1 heteroatoms. The molecule has 25 heavy (non-hydrogen) atoms. The van der Waals surface area contributed by atoms with E-state index in [0.29, 0.717) is 17.1 Å². The molecule has 0 amide bonds. The van der Waals surface area contributed by atoms with Crippen LogP contribution in [0.1, 0.15) is 47.5 Å². The molecule has 3 aliphatic rings. The van der Waals surface area contributed by atoms with E-state index in [1.54, 1.807) is 0 Å². The predicted octanol–water partition coefficient (Wildman–Crippen LogP) is 7.25. The molecular formula is C24H32S. The molecule has 0 nitrogen and oxygen atoms in total. The monoisotopic (exact) mass is 352 g/mol. The first-order chi connectivity index (χ1) is 11.7. The second-order valence-corrected chi connectivity index (χ2v) is 9.67. The van der Waals surface area contributed by atoms with Gasteiger partial charge in [-0.3, -0.25) is 0 Å². The van der Waals surface area contributed by atoms with Crippen LogP contribution < -0.4 is 0 Å². The molecule has 134 valence electrons. The number of rotatable bonds is 2. The molecule has 0 aromatic rings. The van der Waals surface area contributed by atoms with Gasteiger partial charge < -0.3 is 0 Å². The lowest BCUT2D eigenvalue weighted by atomic mass is 9.51. The number of fused-ring (bicyclic) bond motifs is 1. The molecule has 2 aliphatic carbocycles. The van der Waals surface area contributed by atoms with Crippen molar-refractivity contribution in [1.82, 2.24) is 0 Å². The maximum Gasteiger partial charge on any atom is 0.0412 e. The van der Waals surface area contributed by atoms with Gasteiger partial charge in [0.1, 0.15) is 0 Å². The van der Waals surface area contributed by atoms with Gasteiger partial charge in [0.15, 0.2) is 0 Å². The van der Waals surface area contributed by atoms with Crippen molar-refractivity contribution in [3.05, 3.63) is 71.2 Å². The molecule has 0 N–H and O–H groups in total. The van der Waals surface area contributed by atoms with E-state index in [4.69, 9.17) is 0 Å². The quantitative estimate of drug-likeness (QED) is 0.472. The summed E-state index contributed by atoms with van der Waals surface area (Å²) in [5, 5.41) is 2.74. The molecule has 0 radical (unpaired) electrons. The van der Waals surface area contributed by atoms with E-state index >= 15 is 0 Å². The van der Waals surface area contributed by atoms with E-state index < -0.39 is 0 Å². The van der Waals surface area contributed by atoms with Crippen LogP contribution in [-0.4, -0.2) is 5.25 Å². The molecule has 0 spiro atoms. The number of hydrogen-bond acceptors (Lipinski definition) is 1. The molecule has 0 aromatic carbocycles. The predicted molar refractivity (Wildman–Crippen MR) is 114 cm³/mol. The third-order valence-electron chi connectivity index (χ3n) is 7.13. The summed E-state index contributed by atoms with van der Waals surface area (Å²) >= 11 is 1.95. The van der Waals surface area contributed by atoms with Crippen molar-refractivity contribution in [3.8, 4) is 0 Å². The molecule has 4 atom stereocenters. The summed E-state index contributed by atoms with van der Waals surface area (Å²) in [5.41, 5.74) is 5.64. The summed E-state index contributed by atoms with van der Waals surface area (Å²) in [5.74, 6) is 1.13. The van der Waals surface area contributed by atoms with E-state index in [0.717, 1.165) is 0 Å². The van der Waals surface area contributed by atoms with E-state index in [2.05, 4.69) is 83.6 Å². The fourth-order valence-corrected chi connectivity index (χ4v) is 6.06. The highest BCUT2D eigenvalue weighted by Crippen LogP contribution is 2.62. The third-order valence-corrected chi connectivity index (χ3v) is 8.29. The normalized spacial score (nSPS) is 40.3. The number of thioether (sulfide) groups is 1. The van der Waals surface area contributed by atoms with E-state index in [9.17, 15) is 0 Å². The number of hydrogen-bond donors (Lipinski definition) is 0. The maximum absolute atomic E-state index is 4.57.